The predicted molar refractivity (Wildman–Crippen MR) is 91.2 cm³/mol. The zero-order valence-electron chi connectivity index (χ0n) is 14.7. The first-order valence-electron chi connectivity index (χ1n) is 8.69. The normalized spacial score (nSPS) is 19.3. The third kappa shape index (κ3) is 3.88. The van der Waals surface area contributed by atoms with Gasteiger partial charge in [0.05, 0.1) is 18.7 Å². The zero-order chi connectivity index (χ0) is 17.7. The average molecular weight is 337 g/mol. The second-order valence-corrected chi connectivity index (χ2v) is 6.28. The summed E-state index contributed by atoms with van der Waals surface area (Å²) in [5.41, 5.74) is -0.495. The number of aromatic nitrogens is 3. The van der Waals surface area contributed by atoms with E-state index in [0.717, 1.165) is 38.5 Å². The van der Waals surface area contributed by atoms with Crippen LogP contribution in [0.3, 0.4) is 0 Å². The molecule has 2 heterocycles. The lowest BCUT2D eigenvalue weighted by Gasteiger charge is -2.26. The molecule has 2 rings (SSSR count). The van der Waals surface area contributed by atoms with Gasteiger partial charge in [0.25, 0.3) is 0 Å². The Balaban J connectivity index is 1.94. The Labute approximate surface area is 141 Å². The summed E-state index contributed by atoms with van der Waals surface area (Å²) in [6.07, 6.45) is 9.49. The quantitative estimate of drug-likeness (QED) is 0.413. The molecule has 1 aliphatic rings. The van der Waals surface area contributed by atoms with Crippen LogP contribution in [0, 0.1) is 0 Å². The van der Waals surface area contributed by atoms with E-state index in [9.17, 15) is 14.4 Å². The van der Waals surface area contributed by atoms with Gasteiger partial charge >= 0.3 is 17.3 Å². The molecule has 0 saturated heterocycles. The van der Waals surface area contributed by atoms with E-state index in [-0.39, 0.29) is 29.4 Å². The number of fused-ring (bicyclic) bond motifs is 1. The molecule has 0 spiro atoms. The number of hydrogen-bond acceptors (Lipinski definition) is 4. The molecular weight excluding hydrogens is 310 g/mol. The Hall–Kier alpha value is -2.05. The Kier molecular flexibility index (Phi) is 6.23. The van der Waals surface area contributed by atoms with Crippen LogP contribution in [0.25, 0.3) is 0 Å². The van der Waals surface area contributed by atoms with Crippen LogP contribution in [0.2, 0.25) is 0 Å². The van der Waals surface area contributed by atoms with Crippen molar-refractivity contribution in [1.29, 1.82) is 0 Å². The summed E-state index contributed by atoms with van der Waals surface area (Å²) in [5.74, 6) is -0.241. The molecule has 0 bridgehead atoms. The maximum Gasteiger partial charge on any atom is 0.347 e. The number of nitrogens with zero attached hydrogens (tertiary/aromatic N) is 3. The molecule has 0 N–H and O–H groups in total. The first kappa shape index (κ1) is 18.3. The monoisotopic (exact) mass is 337 g/mol. The first-order valence-corrected chi connectivity index (χ1v) is 8.69. The lowest BCUT2D eigenvalue weighted by molar-refractivity contribution is -0.141. The van der Waals surface area contributed by atoms with Crippen LogP contribution in [-0.2, 0) is 16.6 Å². The number of ether oxygens (including phenoxy) is 1. The molecular formula is C17H27N3O4. The number of unbranched alkanes of at least 4 members (excludes halogenated alkanes) is 3. The van der Waals surface area contributed by atoms with Crippen molar-refractivity contribution in [2.24, 2.45) is 7.05 Å². The zero-order valence-corrected chi connectivity index (χ0v) is 14.7. The standard InChI is InChI=1S/C17H27N3O4/c1-4-14-10-11-15(9-7-5-6-8-12-24-13(2)21)20-17(23)18(3)16(22)19(14)20/h10-11,14-15H,4-9,12H2,1-3H3. The van der Waals surface area contributed by atoms with Crippen molar-refractivity contribution in [2.45, 2.75) is 64.5 Å². The third-order valence-electron chi connectivity index (χ3n) is 4.50. The van der Waals surface area contributed by atoms with Gasteiger partial charge in [0.15, 0.2) is 0 Å². The fourth-order valence-electron chi connectivity index (χ4n) is 3.15. The fraction of sp³-hybridized carbons (Fsp3) is 0.706. The van der Waals surface area contributed by atoms with Crippen molar-refractivity contribution >= 4 is 5.97 Å². The summed E-state index contributed by atoms with van der Waals surface area (Å²) in [7, 11) is 1.53. The van der Waals surface area contributed by atoms with Crippen molar-refractivity contribution in [3.8, 4) is 0 Å². The summed E-state index contributed by atoms with van der Waals surface area (Å²) >= 11 is 0. The molecule has 7 nitrogen and oxygen atoms in total. The van der Waals surface area contributed by atoms with Crippen LogP contribution in [0.15, 0.2) is 21.7 Å². The van der Waals surface area contributed by atoms with Crippen LogP contribution in [0.1, 0.15) is 64.5 Å². The van der Waals surface area contributed by atoms with Crippen molar-refractivity contribution in [3.63, 3.8) is 0 Å². The molecule has 134 valence electrons. The van der Waals surface area contributed by atoms with Crippen molar-refractivity contribution in [1.82, 2.24) is 13.9 Å². The molecule has 1 aromatic heterocycles. The van der Waals surface area contributed by atoms with Gasteiger partial charge in [-0.3, -0.25) is 4.79 Å². The minimum absolute atomic E-state index is 0.0496. The molecule has 0 amide bonds. The molecule has 1 aliphatic heterocycles. The maximum absolute atomic E-state index is 12.4. The first-order chi connectivity index (χ1) is 11.5. The smallest absolute Gasteiger partial charge is 0.347 e. The lowest BCUT2D eigenvalue weighted by atomic mass is 10.0. The van der Waals surface area contributed by atoms with E-state index in [2.05, 4.69) is 0 Å². The summed E-state index contributed by atoms with van der Waals surface area (Å²) < 4.78 is 9.28. The average Bonchev–Trinajstić information content (AvgIpc) is 2.79. The van der Waals surface area contributed by atoms with Gasteiger partial charge in [0.2, 0.25) is 0 Å². The van der Waals surface area contributed by atoms with Crippen LogP contribution >= 0.6 is 0 Å². The molecule has 0 radical (unpaired) electrons. The van der Waals surface area contributed by atoms with Gasteiger partial charge in [0, 0.05) is 14.0 Å². The Morgan fingerprint density at radius 1 is 1.04 bits per heavy atom. The summed E-state index contributed by atoms with van der Waals surface area (Å²) in [4.78, 5) is 35.3. The highest BCUT2D eigenvalue weighted by atomic mass is 16.5. The molecule has 0 aromatic carbocycles. The molecule has 1 aromatic rings. The van der Waals surface area contributed by atoms with E-state index in [1.165, 1.54) is 18.5 Å². The van der Waals surface area contributed by atoms with Gasteiger partial charge in [-0.05, 0) is 19.3 Å². The van der Waals surface area contributed by atoms with E-state index in [1.54, 1.807) is 9.36 Å². The summed E-state index contributed by atoms with van der Waals surface area (Å²) in [6, 6.07) is -0.117. The summed E-state index contributed by atoms with van der Waals surface area (Å²) in [6.45, 7) is 3.89. The summed E-state index contributed by atoms with van der Waals surface area (Å²) in [5, 5.41) is 0. The number of carbonyl (C=O) groups is 1. The van der Waals surface area contributed by atoms with Crippen molar-refractivity contribution in [2.75, 3.05) is 6.61 Å². The SMILES string of the molecule is CCC1C=CC(CCCCCCOC(C)=O)n2c(=O)n(C)c(=O)n21. The fourth-order valence-corrected chi connectivity index (χ4v) is 3.15. The van der Waals surface area contributed by atoms with Crippen molar-refractivity contribution in [3.05, 3.63) is 33.1 Å². The van der Waals surface area contributed by atoms with Gasteiger partial charge < -0.3 is 4.74 Å². The Morgan fingerprint density at radius 3 is 2.25 bits per heavy atom. The van der Waals surface area contributed by atoms with Gasteiger partial charge in [-0.2, -0.15) is 0 Å². The third-order valence-corrected chi connectivity index (χ3v) is 4.50. The van der Waals surface area contributed by atoms with E-state index in [1.807, 2.05) is 19.1 Å². The highest BCUT2D eigenvalue weighted by Gasteiger charge is 2.26. The van der Waals surface area contributed by atoms with Gasteiger partial charge in [-0.15, -0.1) is 0 Å². The molecule has 0 saturated carbocycles. The molecule has 0 aliphatic carbocycles. The van der Waals surface area contributed by atoms with Crippen LogP contribution in [0.4, 0.5) is 0 Å². The Morgan fingerprint density at radius 2 is 1.62 bits per heavy atom. The predicted octanol–water partition coefficient (Wildman–Crippen LogP) is 1.92. The highest BCUT2D eigenvalue weighted by Crippen LogP contribution is 2.24. The second-order valence-electron chi connectivity index (χ2n) is 6.28. The molecule has 7 heteroatoms. The number of carbonyl (C=O) groups excluding carboxylic acids is 1. The van der Waals surface area contributed by atoms with Gasteiger partial charge in [0.1, 0.15) is 0 Å². The topological polar surface area (TPSA) is 75.2 Å². The number of allylic oxidation sites excluding steroid dienone is 2. The Bertz CT molecular complexity index is 710. The molecule has 24 heavy (non-hydrogen) atoms. The minimum Gasteiger partial charge on any atom is -0.466 e. The van der Waals surface area contributed by atoms with E-state index >= 15 is 0 Å². The van der Waals surface area contributed by atoms with Crippen LogP contribution in [-0.4, -0.2) is 26.5 Å². The molecule has 2 atom stereocenters. The lowest BCUT2D eigenvalue weighted by Crippen LogP contribution is -2.35. The second kappa shape index (κ2) is 8.17. The van der Waals surface area contributed by atoms with Crippen LogP contribution in [0.5, 0.6) is 0 Å². The van der Waals surface area contributed by atoms with Gasteiger partial charge in [-0.25, -0.2) is 23.5 Å². The number of rotatable bonds is 8. The maximum atomic E-state index is 12.4. The number of esters is 1. The van der Waals surface area contributed by atoms with Crippen molar-refractivity contribution < 1.29 is 9.53 Å². The van der Waals surface area contributed by atoms with E-state index in [0.29, 0.717) is 6.61 Å². The van der Waals surface area contributed by atoms with Crippen LogP contribution < -0.4 is 11.4 Å². The van der Waals surface area contributed by atoms with E-state index in [4.69, 9.17) is 4.74 Å². The number of hydrogen-bond donors (Lipinski definition) is 0. The molecule has 0 fully saturated rings. The minimum atomic E-state index is -0.248. The molecule has 2 unspecified atom stereocenters. The van der Waals surface area contributed by atoms with Gasteiger partial charge in [-0.1, -0.05) is 38.3 Å². The highest BCUT2D eigenvalue weighted by molar-refractivity contribution is 5.65. The largest absolute Gasteiger partial charge is 0.466 e. The van der Waals surface area contributed by atoms with E-state index < -0.39 is 0 Å².